The van der Waals surface area contributed by atoms with Gasteiger partial charge in [0.05, 0.1) is 34.6 Å². The molecule has 0 aliphatic carbocycles. The molecule has 0 saturated heterocycles. The van der Waals surface area contributed by atoms with Crippen LogP contribution in [0.15, 0.2) is 18.3 Å². The van der Waals surface area contributed by atoms with Gasteiger partial charge in [-0.25, -0.2) is 4.79 Å². The lowest BCUT2D eigenvalue weighted by Crippen LogP contribution is -2.12. The summed E-state index contributed by atoms with van der Waals surface area (Å²) in [5, 5.41) is 18.4. The summed E-state index contributed by atoms with van der Waals surface area (Å²) < 4.78 is 44.2. The lowest BCUT2D eigenvalue weighted by atomic mass is 10.1. The van der Waals surface area contributed by atoms with Crippen LogP contribution in [0.25, 0.3) is 5.69 Å². The Hall–Kier alpha value is -2.86. The zero-order chi connectivity index (χ0) is 18.2. The Balaban J connectivity index is 2.84. The summed E-state index contributed by atoms with van der Waals surface area (Å²) >= 11 is 5.65. The van der Waals surface area contributed by atoms with Gasteiger partial charge in [0.2, 0.25) is 0 Å². The minimum absolute atomic E-state index is 0.177. The summed E-state index contributed by atoms with van der Waals surface area (Å²) in [5.74, 6) is -1.71. The van der Waals surface area contributed by atoms with E-state index in [4.69, 9.17) is 22.6 Å². The number of nitrogens with two attached hydrogens (primary N) is 1. The largest absolute Gasteiger partial charge is 0.504 e. The normalized spacial score (nSPS) is 11.2. The molecule has 0 unspecified atom stereocenters. The Morgan fingerprint density at radius 3 is 2.58 bits per heavy atom. The molecule has 10 heteroatoms. The molecule has 0 fully saturated rings. The number of esters is 1. The van der Waals surface area contributed by atoms with Crippen LogP contribution in [0.2, 0.25) is 5.02 Å². The van der Waals surface area contributed by atoms with Crippen LogP contribution in [0.1, 0.15) is 21.6 Å². The number of anilines is 1. The number of aromatic nitrogens is 1. The standard InChI is InChI=1S/C14H9ClF3N3O3/c1-24-13(23)11-10(20)6(4-19)5-21(11)9-3-7(14(16,17)18)2-8(15)12(9)22/h2-3,5,22H,20H2,1H3. The molecule has 0 amide bonds. The van der Waals surface area contributed by atoms with E-state index in [9.17, 15) is 23.1 Å². The van der Waals surface area contributed by atoms with Crippen molar-refractivity contribution in [3.63, 3.8) is 0 Å². The third-order valence-electron chi connectivity index (χ3n) is 3.17. The van der Waals surface area contributed by atoms with Gasteiger partial charge in [-0.05, 0) is 12.1 Å². The van der Waals surface area contributed by atoms with Crippen LogP contribution in [-0.2, 0) is 10.9 Å². The van der Waals surface area contributed by atoms with Gasteiger partial charge in [-0.3, -0.25) is 0 Å². The number of aromatic hydroxyl groups is 1. The fourth-order valence-corrected chi connectivity index (χ4v) is 2.25. The predicted molar refractivity (Wildman–Crippen MR) is 77.9 cm³/mol. The van der Waals surface area contributed by atoms with E-state index < -0.39 is 39.9 Å². The number of nitrogens with zero attached hydrogens (tertiary/aromatic N) is 2. The monoisotopic (exact) mass is 359 g/mol. The molecule has 3 N–H and O–H groups in total. The number of rotatable bonds is 2. The molecule has 24 heavy (non-hydrogen) atoms. The summed E-state index contributed by atoms with van der Waals surface area (Å²) in [5.41, 5.74) is 3.16. The van der Waals surface area contributed by atoms with Gasteiger partial charge in [-0.1, -0.05) is 11.6 Å². The number of nitrogen functional groups attached to an aromatic ring is 1. The van der Waals surface area contributed by atoms with Gasteiger partial charge in [-0.15, -0.1) is 0 Å². The van der Waals surface area contributed by atoms with E-state index in [0.717, 1.165) is 17.9 Å². The summed E-state index contributed by atoms with van der Waals surface area (Å²) in [7, 11) is 1.03. The molecule has 0 atom stereocenters. The Labute approximate surface area is 138 Å². The van der Waals surface area contributed by atoms with E-state index in [1.54, 1.807) is 6.07 Å². The first-order valence-corrected chi connectivity index (χ1v) is 6.59. The second kappa shape index (κ2) is 5.98. The second-order valence-electron chi connectivity index (χ2n) is 4.60. The molecule has 6 nitrogen and oxygen atoms in total. The number of hydrogen-bond donors (Lipinski definition) is 2. The zero-order valence-corrected chi connectivity index (χ0v) is 12.7. The maximum atomic E-state index is 13.0. The number of phenolic OH excluding ortho intramolecular Hbond substituents is 1. The van der Waals surface area contributed by atoms with Gasteiger partial charge in [0, 0.05) is 6.20 Å². The van der Waals surface area contributed by atoms with Gasteiger partial charge in [0.15, 0.2) is 11.4 Å². The van der Waals surface area contributed by atoms with Crippen LogP contribution < -0.4 is 5.73 Å². The number of hydrogen-bond acceptors (Lipinski definition) is 5. The molecule has 0 spiro atoms. The Kier molecular flexibility index (Phi) is 4.36. The van der Waals surface area contributed by atoms with Crippen molar-refractivity contribution in [1.29, 1.82) is 5.26 Å². The van der Waals surface area contributed by atoms with Crippen molar-refractivity contribution in [3.8, 4) is 17.5 Å². The number of nitriles is 1. The van der Waals surface area contributed by atoms with Crippen molar-refractivity contribution in [2.24, 2.45) is 0 Å². The molecule has 0 bridgehead atoms. The number of ether oxygens (including phenoxy) is 1. The number of carbonyl (C=O) groups is 1. The maximum Gasteiger partial charge on any atom is 0.416 e. The number of methoxy groups -OCH3 is 1. The van der Waals surface area contributed by atoms with Crippen molar-refractivity contribution in [2.75, 3.05) is 12.8 Å². The smallest absolute Gasteiger partial charge is 0.416 e. The Morgan fingerprint density at radius 1 is 1.46 bits per heavy atom. The van der Waals surface area contributed by atoms with E-state index in [2.05, 4.69) is 4.74 Å². The van der Waals surface area contributed by atoms with E-state index in [1.165, 1.54) is 0 Å². The maximum absolute atomic E-state index is 13.0. The van der Waals surface area contributed by atoms with Gasteiger partial charge in [0.25, 0.3) is 0 Å². The summed E-state index contributed by atoms with van der Waals surface area (Å²) in [4.78, 5) is 11.9. The minimum atomic E-state index is -4.74. The number of halogens is 4. The molecule has 0 radical (unpaired) electrons. The van der Waals surface area contributed by atoms with Gasteiger partial charge >= 0.3 is 12.1 Å². The van der Waals surface area contributed by atoms with Crippen LogP contribution in [0.3, 0.4) is 0 Å². The highest BCUT2D eigenvalue weighted by Crippen LogP contribution is 2.40. The van der Waals surface area contributed by atoms with Gasteiger partial charge in [-0.2, -0.15) is 18.4 Å². The Morgan fingerprint density at radius 2 is 2.08 bits per heavy atom. The van der Waals surface area contributed by atoms with Crippen LogP contribution >= 0.6 is 11.6 Å². The second-order valence-corrected chi connectivity index (χ2v) is 5.01. The highest BCUT2D eigenvalue weighted by Gasteiger charge is 2.33. The molecule has 1 aromatic heterocycles. The zero-order valence-electron chi connectivity index (χ0n) is 12.0. The Bertz CT molecular complexity index is 869. The summed E-state index contributed by atoms with van der Waals surface area (Å²) in [6, 6.07) is 2.81. The van der Waals surface area contributed by atoms with E-state index in [1.807, 2.05) is 0 Å². The lowest BCUT2D eigenvalue weighted by Gasteiger charge is -2.14. The summed E-state index contributed by atoms with van der Waals surface area (Å²) in [6.45, 7) is 0. The fourth-order valence-electron chi connectivity index (χ4n) is 2.04. The molecule has 0 aliphatic rings. The van der Waals surface area contributed by atoms with Crippen LogP contribution in [0.4, 0.5) is 18.9 Å². The molecular formula is C14H9ClF3N3O3. The lowest BCUT2D eigenvalue weighted by molar-refractivity contribution is -0.137. The number of benzene rings is 1. The average Bonchev–Trinajstić information content (AvgIpc) is 2.84. The first-order chi connectivity index (χ1) is 11.1. The molecular weight excluding hydrogens is 351 g/mol. The highest BCUT2D eigenvalue weighted by atomic mass is 35.5. The molecule has 1 aromatic carbocycles. The highest BCUT2D eigenvalue weighted by molar-refractivity contribution is 6.32. The molecule has 126 valence electrons. The number of carbonyl (C=O) groups excluding carboxylic acids is 1. The first kappa shape index (κ1) is 17.5. The van der Waals surface area contributed by atoms with E-state index in [0.29, 0.717) is 12.1 Å². The van der Waals surface area contributed by atoms with Crippen LogP contribution in [-0.4, -0.2) is 22.8 Å². The molecule has 2 aromatic rings. The summed E-state index contributed by atoms with van der Waals surface area (Å²) in [6.07, 6.45) is -3.73. The van der Waals surface area contributed by atoms with Crippen molar-refractivity contribution in [2.45, 2.75) is 6.18 Å². The quantitative estimate of drug-likeness (QED) is 0.802. The third-order valence-corrected chi connectivity index (χ3v) is 3.46. The van der Waals surface area contributed by atoms with Crippen molar-refractivity contribution < 1.29 is 27.8 Å². The minimum Gasteiger partial charge on any atom is -0.504 e. The van der Waals surface area contributed by atoms with Crippen molar-refractivity contribution in [3.05, 3.63) is 40.2 Å². The molecule has 2 rings (SSSR count). The predicted octanol–water partition coefficient (Wildman–Crippen LogP) is 3.10. The van der Waals surface area contributed by atoms with Crippen molar-refractivity contribution >= 4 is 23.3 Å². The molecule has 0 aliphatic heterocycles. The van der Waals surface area contributed by atoms with E-state index >= 15 is 0 Å². The van der Waals surface area contributed by atoms with Gasteiger partial charge in [0.1, 0.15) is 6.07 Å². The SMILES string of the molecule is COC(=O)c1c(N)c(C#N)cn1-c1cc(C(F)(F)F)cc(Cl)c1O. The fraction of sp³-hybridized carbons (Fsp3) is 0.143. The number of alkyl halides is 3. The third kappa shape index (κ3) is 2.83. The van der Waals surface area contributed by atoms with Crippen molar-refractivity contribution in [1.82, 2.24) is 4.57 Å². The first-order valence-electron chi connectivity index (χ1n) is 6.21. The number of phenols is 1. The van der Waals surface area contributed by atoms with Crippen LogP contribution in [0.5, 0.6) is 5.75 Å². The van der Waals surface area contributed by atoms with E-state index in [-0.39, 0.29) is 11.3 Å². The average molecular weight is 360 g/mol. The molecule has 0 saturated carbocycles. The van der Waals surface area contributed by atoms with Crippen LogP contribution in [0, 0.1) is 11.3 Å². The van der Waals surface area contributed by atoms with Gasteiger partial charge < -0.3 is 20.1 Å². The topological polar surface area (TPSA) is 101 Å². The molecule has 1 heterocycles.